The number of alkyl carbamates (subject to hydrolysis) is 1. The van der Waals surface area contributed by atoms with Crippen molar-refractivity contribution in [3.05, 3.63) is 65.5 Å². The molecule has 0 fully saturated rings. The number of carbonyl (C=O) groups excluding carboxylic acids is 1. The minimum Gasteiger partial charge on any atom is -0.497 e. The van der Waals surface area contributed by atoms with Crippen LogP contribution in [-0.4, -0.2) is 36.1 Å². The first kappa shape index (κ1) is 19.7. The third-order valence-electron chi connectivity index (χ3n) is 3.81. The van der Waals surface area contributed by atoms with Gasteiger partial charge in [0, 0.05) is 18.2 Å². The Morgan fingerprint density at radius 3 is 2.58 bits per heavy atom. The molecular formula is C19H22FNO5. The highest BCUT2D eigenvalue weighted by molar-refractivity contribution is 5.67. The smallest absolute Gasteiger partial charge is 0.407 e. The molecule has 7 heteroatoms. The molecule has 3 N–H and O–H groups in total. The molecule has 26 heavy (non-hydrogen) atoms. The van der Waals surface area contributed by atoms with Crippen LogP contribution in [0.4, 0.5) is 9.18 Å². The van der Waals surface area contributed by atoms with Crippen molar-refractivity contribution in [1.29, 1.82) is 0 Å². The second kappa shape index (κ2) is 9.74. The van der Waals surface area contributed by atoms with E-state index in [1.165, 1.54) is 19.2 Å². The fraction of sp³-hybridized carbons (Fsp3) is 0.316. The van der Waals surface area contributed by atoms with Gasteiger partial charge in [-0.1, -0.05) is 30.3 Å². The van der Waals surface area contributed by atoms with Crippen LogP contribution >= 0.6 is 0 Å². The van der Waals surface area contributed by atoms with Crippen LogP contribution in [-0.2, 0) is 11.3 Å². The number of hydrogen-bond donors (Lipinski definition) is 3. The van der Waals surface area contributed by atoms with Gasteiger partial charge in [0.25, 0.3) is 0 Å². The molecule has 2 atom stereocenters. The summed E-state index contributed by atoms with van der Waals surface area (Å²) >= 11 is 0. The highest BCUT2D eigenvalue weighted by Gasteiger charge is 2.22. The van der Waals surface area contributed by atoms with Crippen molar-refractivity contribution in [2.24, 2.45) is 0 Å². The van der Waals surface area contributed by atoms with Crippen LogP contribution in [0.2, 0.25) is 0 Å². The third-order valence-corrected chi connectivity index (χ3v) is 3.81. The summed E-state index contributed by atoms with van der Waals surface area (Å²) in [6, 6.07) is 13.2. The van der Waals surface area contributed by atoms with Crippen LogP contribution in [0.1, 0.15) is 23.7 Å². The Morgan fingerprint density at radius 1 is 1.19 bits per heavy atom. The largest absolute Gasteiger partial charge is 0.497 e. The molecule has 1 amide bonds. The summed E-state index contributed by atoms with van der Waals surface area (Å²) in [5, 5.41) is 22.6. The summed E-state index contributed by atoms with van der Waals surface area (Å²) in [6.45, 7) is 0.207. The van der Waals surface area contributed by atoms with Gasteiger partial charge in [-0.3, -0.25) is 0 Å². The van der Waals surface area contributed by atoms with Gasteiger partial charge in [-0.25, -0.2) is 9.18 Å². The number of amides is 1. The lowest BCUT2D eigenvalue weighted by molar-refractivity contribution is 0.0116. The van der Waals surface area contributed by atoms with E-state index >= 15 is 0 Å². The summed E-state index contributed by atoms with van der Waals surface area (Å²) in [4.78, 5) is 11.6. The first-order valence-electron chi connectivity index (χ1n) is 8.15. The topological polar surface area (TPSA) is 88.0 Å². The summed E-state index contributed by atoms with van der Waals surface area (Å²) in [7, 11) is 1.41. The molecule has 2 rings (SSSR count). The molecule has 0 aliphatic rings. The molecule has 0 saturated carbocycles. The average Bonchev–Trinajstić information content (AvgIpc) is 2.66. The predicted octanol–water partition coefficient (Wildman–Crippen LogP) is 2.55. The van der Waals surface area contributed by atoms with Crippen LogP contribution in [0.15, 0.2) is 48.5 Å². The minimum absolute atomic E-state index is 0.0348. The number of methoxy groups -OCH3 is 1. The Balaban J connectivity index is 1.75. The maximum Gasteiger partial charge on any atom is 0.407 e. The highest BCUT2D eigenvalue weighted by atomic mass is 19.1. The molecule has 0 aromatic heterocycles. The van der Waals surface area contributed by atoms with Gasteiger partial charge < -0.3 is 25.0 Å². The van der Waals surface area contributed by atoms with Gasteiger partial charge in [-0.05, 0) is 24.1 Å². The van der Waals surface area contributed by atoms with Gasteiger partial charge in [0.05, 0.1) is 13.2 Å². The van der Waals surface area contributed by atoms with Gasteiger partial charge in [0.15, 0.2) is 0 Å². The van der Waals surface area contributed by atoms with Crippen LogP contribution in [0, 0.1) is 5.82 Å². The van der Waals surface area contributed by atoms with E-state index in [0.29, 0.717) is 5.75 Å². The maximum atomic E-state index is 13.9. The Kier molecular flexibility index (Phi) is 7.37. The Bertz CT molecular complexity index is 710. The molecule has 0 saturated heterocycles. The molecule has 0 heterocycles. The summed E-state index contributed by atoms with van der Waals surface area (Å²) in [6.07, 6.45) is -3.26. The van der Waals surface area contributed by atoms with Crippen LogP contribution in [0.3, 0.4) is 0 Å². The first-order valence-corrected chi connectivity index (χ1v) is 8.15. The van der Waals surface area contributed by atoms with E-state index in [0.717, 1.165) is 11.6 Å². The maximum absolute atomic E-state index is 13.9. The van der Waals surface area contributed by atoms with Crippen molar-refractivity contribution in [3.63, 3.8) is 0 Å². The van der Waals surface area contributed by atoms with E-state index in [2.05, 4.69) is 5.32 Å². The van der Waals surface area contributed by atoms with Gasteiger partial charge >= 0.3 is 6.09 Å². The zero-order valence-corrected chi connectivity index (χ0v) is 14.4. The number of nitrogens with one attached hydrogen (secondary N) is 1. The minimum atomic E-state index is -1.41. The lowest BCUT2D eigenvalue weighted by Crippen LogP contribution is -2.30. The monoisotopic (exact) mass is 363 g/mol. The molecule has 0 radical (unpaired) electrons. The van der Waals surface area contributed by atoms with Crippen LogP contribution in [0.25, 0.3) is 0 Å². The number of carbonyl (C=O) groups is 1. The predicted molar refractivity (Wildman–Crippen MR) is 93.2 cm³/mol. The van der Waals surface area contributed by atoms with Gasteiger partial charge in [0.1, 0.15) is 24.3 Å². The number of hydrogen-bond acceptors (Lipinski definition) is 5. The number of benzene rings is 2. The van der Waals surface area contributed by atoms with Gasteiger partial charge in [0.2, 0.25) is 0 Å². The van der Waals surface area contributed by atoms with E-state index < -0.39 is 24.1 Å². The number of aliphatic hydroxyl groups is 2. The summed E-state index contributed by atoms with van der Waals surface area (Å²) in [5.74, 6) is -0.359. The van der Waals surface area contributed by atoms with E-state index in [9.17, 15) is 19.4 Å². The van der Waals surface area contributed by atoms with E-state index in [1.807, 2.05) is 30.3 Å². The average molecular weight is 363 g/mol. The Morgan fingerprint density at radius 2 is 1.92 bits per heavy atom. The second-order valence-corrected chi connectivity index (χ2v) is 5.68. The summed E-state index contributed by atoms with van der Waals surface area (Å²) < 4.78 is 23.8. The Hall–Kier alpha value is -2.64. The quantitative estimate of drug-likeness (QED) is 0.671. The molecule has 0 aliphatic heterocycles. The van der Waals surface area contributed by atoms with E-state index in [4.69, 9.17) is 9.47 Å². The number of rotatable bonds is 8. The van der Waals surface area contributed by atoms with E-state index in [1.54, 1.807) is 0 Å². The van der Waals surface area contributed by atoms with Crippen molar-refractivity contribution >= 4 is 6.09 Å². The molecule has 0 bridgehead atoms. The lowest BCUT2D eigenvalue weighted by Gasteiger charge is -2.19. The fourth-order valence-electron chi connectivity index (χ4n) is 2.34. The normalized spacial score (nSPS) is 12.9. The van der Waals surface area contributed by atoms with Crippen molar-refractivity contribution in [1.82, 2.24) is 5.32 Å². The molecular weight excluding hydrogens is 341 g/mol. The molecule has 2 aromatic rings. The molecule has 0 spiro atoms. The number of aliphatic hydroxyl groups excluding tert-OH is 2. The van der Waals surface area contributed by atoms with E-state index in [-0.39, 0.29) is 25.1 Å². The van der Waals surface area contributed by atoms with Crippen molar-refractivity contribution in [2.75, 3.05) is 13.7 Å². The van der Waals surface area contributed by atoms with Gasteiger partial charge in [-0.2, -0.15) is 0 Å². The number of ether oxygens (including phenoxy) is 2. The zero-order chi connectivity index (χ0) is 18.9. The third kappa shape index (κ3) is 5.72. The van der Waals surface area contributed by atoms with Crippen LogP contribution in [0.5, 0.6) is 5.75 Å². The molecule has 2 unspecified atom stereocenters. The zero-order valence-electron chi connectivity index (χ0n) is 14.4. The van der Waals surface area contributed by atoms with Gasteiger partial charge in [-0.15, -0.1) is 0 Å². The first-order chi connectivity index (χ1) is 12.5. The van der Waals surface area contributed by atoms with Crippen molar-refractivity contribution in [3.8, 4) is 5.75 Å². The summed E-state index contributed by atoms with van der Waals surface area (Å²) in [5.41, 5.74) is 0.818. The fourth-order valence-corrected chi connectivity index (χ4v) is 2.34. The second-order valence-electron chi connectivity index (χ2n) is 5.68. The Labute approximate surface area is 151 Å². The molecule has 6 nitrogen and oxygen atoms in total. The van der Waals surface area contributed by atoms with Crippen molar-refractivity contribution in [2.45, 2.75) is 25.2 Å². The molecule has 0 aliphatic carbocycles. The molecule has 2 aromatic carbocycles. The highest BCUT2D eigenvalue weighted by Crippen LogP contribution is 2.25. The van der Waals surface area contributed by atoms with Crippen molar-refractivity contribution < 1.29 is 28.9 Å². The SMILES string of the molecule is COc1ccc(C(O)C(O)CCNC(=O)OCc2ccccc2)c(F)c1. The van der Waals surface area contributed by atoms with Crippen LogP contribution < -0.4 is 10.1 Å². The molecule has 140 valence electrons. The number of halogens is 1. The standard InChI is InChI=1S/C19H22FNO5/c1-25-14-7-8-15(16(20)11-14)18(23)17(22)9-10-21-19(24)26-12-13-5-3-2-4-6-13/h2-8,11,17-18,22-23H,9-10,12H2,1H3,(H,21,24). The lowest BCUT2D eigenvalue weighted by atomic mass is 10.0.